The van der Waals surface area contributed by atoms with Crippen molar-refractivity contribution < 1.29 is 50.4 Å². The van der Waals surface area contributed by atoms with E-state index in [0.29, 0.717) is 6.42 Å². The monoisotopic (exact) mass is 636 g/mol. The SMILES string of the molecule is CC(C)C1OC(=O)C=CC=CC=CC=CC=CCC(O)CC(O)CC(O)CC(O)CC(O)CC(O)CC(O)CC(O)C=CC1C. The van der Waals surface area contributed by atoms with Crippen molar-refractivity contribution in [3.8, 4) is 0 Å². The van der Waals surface area contributed by atoms with Crippen LogP contribution in [0, 0.1) is 11.8 Å². The van der Waals surface area contributed by atoms with Gasteiger partial charge in [0.1, 0.15) is 6.10 Å². The van der Waals surface area contributed by atoms with Crippen LogP contribution >= 0.6 is 0 Å². The number of rotatable bonds is 1. The molecule has 0 saturated heterocycles. The minimum atomic E-state index is -1.10. The van der Waals surface area contributed by atoms with E-state index in [1.165, 1.54) is 12.2 Å². The normalized spacial score (nSPS) is 35.1. The first kappa shape index (κ1) is 40.6. The van der Waals surface area contributed by atoms with Gasteiger partial charge in [0.15, 0.2) is 0 Å². The number of cyclic esters (lactones) is 1. The van der Waals surface area contributed by atoms with E-state index in [1.807, 2.05) is 20.8 Å². The van der Waals surface area contributed by atoms with Crippen LogP contribution in [0.1, 0.15) is 72.1 Å². The Kier molecular flexibility index (Phi) is 20.8. The lowest BCUT2D eigenvalue weighted by molar-refractivity contribution is -0.147. The number of ether oxygens (including phenoxy) is 1. The molecule has 0 saturated carbocycles. The van der Waals surface area contributed by atoms with Crippen LogP contribution in [0.25, 0.3) is 0 Å². The topological polar surface area (TPSA) is 188 Å². The van der Waals surface area contributed by atoms with Crippen molar-refractivity contribution in [2.45, 2.75) is 127 Å². The smallest absolute Gasteiger partial charge is 0.331 e. The van der Waals surface area contributed by atoms with Crippen molar-refractivity contribution in [1.29, 1.82) is 0 Å². The minimum absolute atomic E-state index is 0.00472. The second-order valence-corrected chi connectivity index (χ2v) is 12.4. The third-order valence-corrected chi connectivity index (χ3v) is 7.40. The molecule has 0 bridgehead atoms. The summed E-state index contributed by atoms with van der Waals surface area (Å²) in [5, 5.41) is 82.4. The number of aliphatic hydroxyl groups is 8. The maximum Gasteiger partial charge on any atom is 0.331 e. The van der Waals surface area contributed by atoms with Crippen LogP contribution in [0.5, 0.6) is 0 Å². The first-order valence-corrected chi connectivity index (χ1v) is 15.9. The van der Waals surface area contributed by atoms with Crippen molar-refractivity contribution in [2.24, 2.45) is 11.8 Å². The Morgan fingerprint density at radius 3 is 1.44 bits per heavy atom. The van der Waals surface area contributed by atoms with Gasteiger partial charge in [-0.2, -0.15) is 0 Å². The zero-order valence-electron chi connectivity index (χ0n) is 26.8. The Labute approximate surface area is 268 Å². The van der Waals surface area contributed by atoms with E-state index in [2.05, 4.69) is 0 Å². The second kappa shape index (κ2) is 23.0. The zero-order chi connectivity index (χ0) is 33.8. The van der Waals surface area contributed by atoms with Crippen molar-refractivity contribution >= 4 is 5.97 Å². The van der Waals surface area contributed by atoms with Crippen LogP contribution in [0.3, 0.4) is 0 Å². The average Bonchev–Trinajstić information content (AvgIpc) is 2.91. The minimum Gasteiger partial charge on any atom is -0.458 e. The van der Waals surface area contributed by atoms with Gasteiger partial charge < -0.3 is 45.6 Å². The van der Waals surface area contributed by atoms with Crippen LogP contribution in [-0.4, -0.2) is 102 Å². The lowest BCUT2D eigenvalue weighted by atomic mass is 9.93. The fraction of sp³-hybridized carbons (Fsp3) is 0.629. The molecule has 0 amide bonds. The summed E-state index contributed by atoms with van der Waals surface area (Å²) in [6, 6.07) is 0. The van der Waals surface area contributed by atoms with Gasteiger partial charge >= 0.3 is 5.97 Å². The van der Waals surface area contributed by atoms with Gasteiger partial charge in [-0.3, -0.25) is 0 Å². The van der Waals surface area contributed by atoms with Gasteiger partial charge in [0.25, 0.3) is 0 Å². The number of carbonyl (C=O) groups excluding carboxylic acids is 1. The van der Waals surface area contributed by atoms with Crippen LogP contribution in [0.15, 0.2) is 72.9 Å². The summed E-state index contributed by atoms with van der Waals surface area (Å²) >= 11 is 0. The maximum atomic E-state index is 12.4. The number of aliphatic hydroxyl groups excluding tert-OH is 8. The molecule has 0 aliphatic carbocycles. The van der Waals surface area contributed by atoms with E-state index in [9.17, 15) is 45.6 Å². The summed E-state index contributed by atoms with van der Waals surface area (Å²) in [4.78, 5) is 12.4. The molecule has 0 aromatic carbocycles. The molecule has 8 N–H and O–H groups in total. The van der Waals surface area contributed by atoms with Gasteiger partial charge in [0.2, 0.25) is 0 Å². The highest BCUT2D eigenvalue weighted by Gasteiger charge is 2.25. The van der Waals surface area contributed by atoms with Crippen molar-refractivity contribution in [3.05, 3.63) is 72.9 Å². The van der Waals surface area contributed by atoms with Gasteiger partial charge in [-0.15, -0.1) is 0 Å². The Morgan fingerprint density at radius 2 is 0.978 bits per heavy atom. The summed E-state index contributed by atoms with van der Waals surface area (Å²) in [5.41, 5.74) is 0. The molecule has 256 valence electrons. The van der Waals surface area contributed by atoms with E-state index >= 15 is 0 Å². The summed E-state index contributed by atoms with van der Waals surface area (Å²) in [7, 11) is 0. The number of esters is 1. The molecule has 45 heavy (non-hydrogen) atoms. The lowest BCUT2D eigenvalue weighted by Gasteiger charge is -2.25. The third kappa shape index (κ3) is 20.4. The zero-order valence-corrected chi connectivity index (χ0v) is 26.8. The molecule has 0 fully saturated rings. The van der Waals surface area contributed by atoms with Crippen LogP contribution in [0.4, 0.5) is 0 Å². The fourth-order valence-corrected chi connectivity index (χ4v) is 5.19. The van der Waals surface area contributed by atoms with E-state index in [1.54, 1.807) is 60.8 Å². The molecule has 0 aromatic heterocycles. The van der Waals surface area contributed by atoms with Crippen LogP contribution in [-0.2, 0) is 9.53 Å². The van der Waals surface area contributed by atoms with E-state index in [4.69, 9.17) is 4.74 Å². The highest BCUT2D eigenvalue weighted by atomic mass is 16.5. The molecule has 1 rings (SSSR count). The van der Waals surface area contributed by atoms with Gasteiger partial charge in [0, 0.05) is 18.4 Å². The number of hydrogen-bond donors (Lipinski definition) is 8. The fourth-order valence-electron chi connectivity index (χ4n) is 5.19. The molecule has 10 nitrogen and oxygen atoms in total. The van der Waals surface area contributed by atoms with Crippen LogP contribution < -0.4 is 0 Å². The standard InChI is InChI=1S/C35H56O10/c1-24(2)35-25(3)15-16-27(37)18-29(39)20-31(41)22-33(43)23-32(42)21-30(40)19-28(38)17-26(36)13-11-9-7-5-4-6-8-10-12-14-34(44)45-35/h4-12,14-16,24-33,35-43H,13,17-23H2,1-3H3. The van der Waals surface area contributed by atoms with Crippen molar-refractivity contribution in [3.63, 3.8) is 0 Å². The molecule has 1 aliphatic heterocycles. The van der Waals surface area contributed by atoms with Crippen molar-refractivity contribution in [2.75, 3.05) is 0 Å². The Bertz CT molecular complexity index is 985. The van der Waals surface area contributed by atoms with E-state index < -0.39 is 60.9 Å². The summed E-state index contributed by atoms with van der Waals surface area (Å²) < 4.78 is 5.64. The molecule has 0 radical (unpaired) electrons. The Balaban J connectivity index is 2.93. The second-order valence-electron chi connectivity index (χ2n) is 12.4. The van der Waals surface area contributed by atoms with Gasteiger partial charge in [-0.05, 0) is 50.9 Å². The molecule has 0 spiro atoms. The maximum absolute atomic E-state index is 12.4. The van der Waals surface area contributed by atoms with Gasteiger partial charge in [-0.1, -0.05) is 87.6 Å². The molecule has 1 heterocycles. The van der Waals surface area contributed by atoms with Crippen LogP contribution in [0.2, 0.25) is 0 Å². The number of carbonyl (C=O) groups is 1. The van der Waals surface area contributed by atoms with E-state index in [0.717, 1.165) is 0 Å². The molecule has 1 aliphatic rings. The first-order chi connectivity index (χ1) is 21.3. The van der Waals surface area contributed by atoms with Gasteiger partial charge in [0.05, 0.1) is 48.8 Å². The third-order valence-electron chi connectivity index (χ3n) is 7.40. The highest BCUT2D eigenvalue weighted by Crippen LogP contribution is 2.20. The summed E-state index contributed by atoms with van der Waals surface area (Å²) in [5.74, 6) is -0.714. The average molecular weight is 637 g/mol. The van der Waals surface area contributed by atoms with Crippen molar-refractivity contribution in [1.82, 2.24) is 0 Å². The highest BCUT2D eigenvalue weighted by molar-refractivity contribution is 5.82. The predicted octanol–water partition coefficient (Wildman–Crippen LogP) is 2.55. The number of allylic oxidation sites excluding steroid dienone is 8. The molecular weight excluding hydrogens is 580 g/mol. The predicted molar refractivity (Wildman–Crippen MR) is 174 cm³/mol. The van der Waals surface area contributed by atoms with E-state index in [-0.39, 0.29) is 56.8 Å². The van der Waals surface area contributed by atoms with Gasteiger partial charge in [-0.25, -0.2) is 4.79 Å². The Morgan fingerprint density at radius 1 is 0.578 bits per heavy atom. The quantitative estimate of drug-likeness (QED) is 0.157. The summed E-state index contributed by atoms with van der Waals surface area (Å²) in [6.45, 7) is 5.72. The molecule has 0 aromatic rings. The molecule has 10 atom stereocenters. The largest absolute Gasteiger partial charge is 0.458 e. The Hall–Kier alpha value is -2.41. The lowest BCUT2D eigenvalue weighted by Crippen LogP contribution is -2.30. The molecule has 10 unspecified atom stereocenters. The molecule has 10 heteroatoms. The first-order valence-electron chi connectivity index (χ1n) is 15.9. The number of hydrogen-bond acceptors (Lipinski definition) is 10. The molecular formula is C35H56O10. The summed E-state index contributed by atoms with van der Waals surface area (Å²) in [6.07, 6.45) is 11.4.